The Balaban J connectivity index is 1.93. The van der Waals surface area contributed by atoms with Crippen LogP contribution < -0.4 is 5.32 Å². The molecule has 0 radical (unpaired) electrons. The van der Waals surface area contributed by atoms with Gasteiger partial charge >= 0.3 is 6.03 Å². The minimum atomic E-state index is -0.730. The fourth-order valence-electron chi connectivity index (χ4n) is 2.37. The molecule has 1 aliphatic rings. The van der Waals surface area contributed by atoms with Crippen LogP contribution in [-0.4, -0.2) is 48.4 Å². The van der Waals surface area contributed by atoms with Gasteiger partial charge in [-0.05, 0) is 18.1 Å². The average molecular weight is 296 g/mol. The van der Waals surface area contributed by atoms with E-state index in [0.717, 1.165) is 0 Å². The lowest BCUT2D eigenvalue weighted by Crippen LogP contribution is -2.53. The molecule has 2 rings (SSSR count). The van der Waals surface area contributed by atoms with Crippen LogP contribution in [0.15, 0.2) is 22.8 Å². The number of hydrogen-bond donors (Lipinski definition) is 2. The highest BCUT2D eigenvalue weighted by molar-refractivity contribution is 5.74. The standard InChI is InChI=1S/C15H24N2O4/c1-11(2)9-16-15(19)17-5-7-20-10-12(17)8-13(18)14-4-3-6-21-14/h3-4,6,11-13,18H,5,7-10H2,1-2H3,(H,16,19)/t12-,13-/m1/s1. The predicted octanol–water partition coefficient (Wildman–Crippen LogP) is 1.77. The van der Waals surface area contributed by atoms with Crippen LogP contribution in [0.2, 0.25) is 0 Å². The molecule has 1 fully saturated rings. The van der Waals surface area contributed by atoms with E-state index in [2.05, 4.69) is 19.2 Å². The molecule has 0 spiro atoms. The number of aliphatic hydroxyl groups excluding tert-OH is 1. The molecule has 118 valence electrons. The van der Waals surface area contributed by atoms with Crippen molar-refractivity contribution in [1.82, 2.24) is 10.2 Å². The number of nitrogens with zero attached hydrogens (tertiary/aromatic N) is 1. The van der Waals surface area contributed by atoms with Gasteiger partial charge in [-0.25, -0.2) is 4.79 Å². The van der Waals surface area contributed by atoms with Gasteiger partial charge in [-0.2, -0.15) is 0 Å². The predicted molar refractivity (Wildman–Crippen MR) is 77.8 cm³/mol. The van der Waals surface area contributed by atoms with Crippen molar-refractivity contribution in [3.8, 4) is 0 Å². The van der Waals surface area contributed by atoms with Crippen LogP contribution in [0.25, 0.3) is 0 Å². The number of morpholine rings is 1. The second-order valence-electron chi connectivity index (χ2n) is 5.77. The van der Waals surface area contributed by atoms with Gasteiger partial charge in [-0.1, -0.05) is 13.8 Å². The highest BCUT2D eigenvalue weighted by Gasteiger charge is 2.30. The Morgan fingerprint density at radius 3 is 3.05 bits per heavy atom. The molecule has 0 bridgehead atoms. The van der Waals surface area contributed by atoms with E-state index in [-0.39, 0.29) is 12.1 Å². The number of amides is 2. The molecule has 2 heterocycles. The van der Waals surface area contributed by atoms with E-state index in [9.17, 15) is 9.90 Å². The van der Waals surface area contributed by atoms with E-state index in [1.165, 1.54) is 6.26 Å². The van der Waals surface area contributed by atoms with Crippen molar-refractivity contribution >= 4 is 6.03 Å². The molecule has 0 aliphatic carbocycles. The Kier molecular flexibility index (Phi) is 5.64. The van der Waals surface area contributed by atoms with Gasteiger partial charge in [0.15, 0.2) is 0 Å². The first-order chi connectivity index (χ1) is 10.1. The van der Waals surface area contributed by atoms with E-state index in [0.29, 0.717) is 44.4 Å². The molecular weight excluding hydrogens is 272 g/mol. The smallest absolute Gasteiger partial charge is 0.317 e. The molecule has 6 nitrogen and oxygen atoms in total. The Hall–Kier alpha value is -1.53. The lowest BCUT2D eigenvalue weighted by Gasteiger charge is -2.36. The van der Waals surface area contributed by atoms with Crippen LogP contribution in [0.5, 0.6) is 0 Å². The third-order valence-corrected chi connectivity index (χ3v) is 3.52. The van der Waals surface area contributed by atoms with Crippen molar-refractivity contribution in [1.29, 1.82) is 0 Å². The monoisotopic (exact) mass is 296 g/mol. The number of hydrogen-bond acceptors (Lipinski definition) is 4. The Bertz CT molecular complexity index is 433. The molecule has 1 aromatic heterocycles. The van der Waals surface area contributed by atoms with Gasteiger partial charge in [0.1, 0.15) is 11.9 Å². The maximum atomic E-state index is 12.2. The number of carbonyl (C=O) groups is 1. The Labute approximate surface area is 125 Å². The fraction of sp³-hybridized carbons (Fsp3) is 0.667. The van der Waals surface area contributed by atoms with Gasteiger partial charge in [-0.15, -0.1) is 0 Å². The summed E-state index contributed by atoms with van der Waals surface area (Å²) in [5, 5.41) is 13.1. The molecule has 1 saturated heterocycles. The zero-order chi connectivity index (χ0) is 15.2. The average Bonchev–Trinajstić information content (AvgIpc) is 2.99. The fourth-order valence-corrected chi connectivity index (χ4v) is 2.37. The summed E-state index contributed by atoms with van der Waals surface area (Å²) < 4.78 is 10.6. The lowest BCUT2D eigenvalue weighted by atomic mass is 10.1. The molecule has 1 aromatic rings. The summed E-state index contributed by atoms with van der Waals surface area (Å²) in [4.78, 5) is 14.0. The van der Waals surface area contributed by atoms with Crippen molar-refractivity contribution in [2.75, 3.05) is 26.3 Å². The van der Waals surface area contributed by atoms with Gasteiger partial charge < -0.3 is 24.5 Å². The van der Waals surface area contributed by atoms with E-state index in [4.69, 9.17) is 9.15 Å². The second kappa shape index (κ2) is 7.47. The van der Waals surface area contributed by atoms with Crippen LogP contribution in [0.1, 0.15) is 32.1 Å². The molecule has 21 heavy (non-hydrogen) atoms. The molecule has 2 atom stereocenters. The first kappa shape index (κ1) is 15.9. The van der Waals surface area contributed by atoms with Gasteiger partial charge in [0.2, 0.25) is 0 Å². The van der Waals surface area contributed by atoms with Gasteiger partial charge in [0, 0.05) is 19.5 Å². The number of urea groups is 1. The number of ether oxygens (including phenoxy) is 1. The minimum Gasteiger partial charge on any atom is -0.467 e. The van der Waals surface area contributed by atoms with E-state index >= 15 is 0 Å². The summed E-state index contributed by atoms with van der Waals surface area (Å²) in [7, 11) is 0. The third-order valence-electron chi connectivity index (χ3n) is 3.52. The van der Waals surface area contributed by atoms with Crippen LogP contribution >= 0.6 is 0 Å². The number of aliphatic hydroxyl groups is 1. The maximum Gasteiger partial charge on any atom is 0.317 e. The van der Waals surface area contributed by atoms with Gasteiger partial charge in [-0.3, -0.25) is 0 Å². The highest BCUT2D eigenvalue weighted by Crippen LogP contribution is 2.23. The van der Waals surface area contributed by atoms with Crippen LogP contribution in [0.3, 0.4) is 0 Å². The zero-order valence-corrected chi connectivity index (χ0v) is 12.6. The van der Waals surface area contributed by atoms with Crippen molar-refractivity contribution in [2.24, 2.45) is 5.92 Å². The van der Waals surface area contributed by atoms with Gasteiger partial charge in [0.25, 0.3) is 0 Å². The molecule has 0 saturated carbocycles. The van der Waals surface area contributed by atoms with E-state index in [1.54, 1.807) is 17.0 Å². The maximum absolute atomic E-state index is 12.2. The van der Waals surface area contributed by atoms with Crippen molar-refractivity contribution in [2.45, 2.75) is 32.4 Å². The molecule has 1 aliphatic heterocycles. The number of rotatable bonds is 5. The molecule has 6 heteroatoms. The Morgan fingerprint density at radius 2 is 2.38 bits per heavy atom. The van der Waals surface area contributed by atoms with Crippen molar-refractivity contribution < 1.29 is 19.1 Å². The SMILES string of the molecule is CC(C)CNC(=O)N1CCOC[C@H]1C[C@@H](O)c1ccco1. The van der Waals surface area contributed by atoms with E-state index < -0.39 is 6.10 Å². The third kappa shape index (κ3) is 4.47. The van der Waals surface area contributed by atoms with Crippen LogP contribution in [0.4, 0.5) is 4.79 Å². The summed E-state index contributed by atoms with van der Waals surface area (Å²) in [5.74, 6) is 0.922. The van der Waals surface area contributed by atoms with Crippen molar-refractivity contribution in [3.63, 3.8) is 0 Å². The molecule has 0 unspecified atom stereocenters. The summed E-state index contributed by atoms with van der Waals surface area (Å²) >= 11 is 0. The lowest BCUT2D eigenvalue weighted by molar-refractivity contribution is -0.00976. The van der Waals surface area contributed by atoms with Gasteiger partial charge in [0.05, 0.1) is 25.5 Å². The molecular formula is C15H24N2O4. The number of nitrogens with one attached hydrogen (secondary N) is 1. The normalized spacial score (nSPS) is 20.6. The molecule has 2 N–H and O–H groups in total. The largest absolute Gasteiger partial charge is 0.467 e. The van der Waals surface area contributed by atoms with Crippen molar-refractivity contribution in [3.05, 3.63) is 24.2 Å². The van der Waals surface area contributed by atoms with Crippen LogP contribution in [0, 0.1) is 5.92 Å². The quantitative estimate of drug-likeness (QED) is 0.868. The summed E-state index contributed by atoms with van der Waals surface area (Å²) in [6.07, 6.45) is 1.21. The zero-order valence-electron chi connectivity index (χ0n) is 12.6. The van der Waals surface area contributed by atoms with Crippen LogP contribution in [-0.2, 0) is 4.74 Å². The topological polar surface area (TPSA) is 74.9 Å². The summed E-state index contributed by atoms with van der Waals surface area (Å²) in [6, 6.07) is 3.23. The molecule has 0 aromatic carbocycles. The summed E-state index contributed by atoms with van der Waals surface area (Å²) in [5.41, 5.74) is 0. The minimum absolute atomic E-state index is 0.0938. The first-order valence-corrected chi connectivity index (χ1v) is 7.41. The number of furan rings is 1. The molecule has 2 amide bonds. The second-order valence-corrected chi connectivity index (χ2v) is 5.77. The number of carbonyl (C=O) groups excluding carboxylic acids is 1. The highest BCUT2D eigenvalue weighted by atomic mass is 16.5. The summed E-state index contributed by atoms with van der Waals surface area (Å²) in [6.45, 7) is 6.26. The van der Waals surface area contributed by atoms with E-state index in [1.807, 2.05) is 0 Å². The Morgan fingerprint density at radius 1 is 1.57 bits per heavy atom. The first-order valence-electron chi connectivity index (χ1n) is 7.41.